The molecule has 64 valence electrons. The van der Waals surface area contributed by atoms with Crippen LogP contribution in [0.5, 0.6) is 0 Å². The average molecular weight is 162 g/mol. The van der Waals surface area contributed by atoms with E-state index in [-0.39, 0.29) is 6.61 Å². The lowest BCUT2D eigenvalue weighted by Gasteiger charge is -2.32. The van der Waals surface area contributed by atoms with Gasteiger partial charge in [0.25, 0.3) is 0 Å². The second-order valence-corrected chi connectivity index (χ2v) is 2.85. The van der Waals surface area contributed by atoms with Crippen LogP contribution in [0.3, 0.4) is 0 Å². The molecule has 2 bridgehead atoms. The van der Waals surface area contributed by atoms with Crippen LogP contribution in [0, 0.1) is 0 Å². The predicted molar refractivity (Wildman–Crippen MR) is 32.6 cm³/mol. The molecule has 0 spiro atoms. The van der Waals surface area contributed by atoms with Crippen molar-refractivity contribution < 1.29 is 24.8 Å². The minimum atomic E-state index is -1.15. The third-order valence-corrected chi connectivity index (χ3v) is 2.09. The van der Waals surface area contributed by atoms with E-state index in [1.807, 2.05) is 0 Å². The Labute approximate surface area is 63.2 Å². The first-order valence-electron chi connectivity index (χ1n) is 3.51. The topological polar surface area (TPSA) is 79.2 Å². The highest BCUT2D eigenvalue weighted by Crippen LogP contribution is 2.27. The van der Waals surface area contributed by atoms with Crippen LogP contribution in [-0.4, -0.2) is 52.6 Å². The molecule has 5 heteroatoms. The molecular formula is C6H10O5. The third-order valence-electron chi connectivity index (χ3n) is 2.09. The Kier molecular flexibility index (Phi) is 1.62. The Hall–Kier alpha value is -0.200. The van der Waals surface area contributed by atoms with Crippen LogP contribution < -0.4 is 0 Å². The maximum atomic E-state index is 9.22. The van der Waals surface area contributed by atoms with Gasteiger partial charge in [0, 0.05) is 0 Å². The molecule has 2 aliphatic rings. The number of ether oxygens (including phenoxy) is 2. The van der Waals surface area contributed by atoms with E-state index in [2.05, 4.69) is 0 Å². The molecule has 3 N–H and O–H groups in total. The summed E-state index contributed by atoms with van der Waals surface area (Å²) >= 11 is 0. The molecule has 0 aromatic rings. The van der Waals surface area contributed by atoms with E-state index in [0.29, 0.717) is 0 Å². The van der Waals surface area contributed by atoms with Gasteiger partial charge in [0.15, 0.2) is 6.29 Å². The van der Waals surface area contributed by atoms with Gasteiger partial charge >= 0.3 is 0 Å². The number of hydrogen-bond acceptors (Lipinski definition) is 5. The predicted octanol–water partition coefficient (Wildman–Crippen LogP) is -2.18. The van der Waals surface area contributed by atoms with Gasteiger partial charge in [-0.25, -0.2) is 0 Å². The minimum absolute atomic E-state index is 0.236. The minimum Gasteiger partial charge on any atom is -0.387 e. The largest absolute Gasteiger partial charge is 0.387 e. The Morgan fingerprint density at radius 3 is 2.45 bits per heavy atom. The van der Waals surface area contributed by atoms with Crippen molar-refractivity contribution in [3.05, 3.63) is 0 Å². The number of rotatable bonds is 0. The van der Waals surface area contributed by atoms with E-state index >= 15 is 0 Å². The number of aliphatic hydroxyl groups is 3. The summed E-state index contributed by atoms with van der Waals surface area (Å²) in [5.74, 6) is 0. The monoisotopic (exact) mass is 162 g/mol. The fraction of sp³-hybridized carbons (Fsp3) is 1.00. The summed E-state index contributed by atoms with van der Waals surface area (Å²) < 4.78 is 9.95. The number of hydrogen-bond donors (Lipinski definition) is 3. The summed E-state index contributed by atoms with van der Waals surface area (Å²) in [6.07, 6.45) is -4.58. The van der Waals surface area contributed by atoms with Crippen molar-refractivity contribution in [2.75, 3.05) is 6.61 Å². The van der Waals surface area contributed by atoms with E-state index in [4.69, 9.17) is 14.6 Å². The second kappa shape index (κ2) is 2.40. The van der Waals surface area contributed by atoms with E-state index in [1.165, 1.54) is 0 Å². The van der Waals surface area contributed by atoms with Crippen LogP contribution >= 0.6 is 0 Å². The van der Waals surface area contributed by atoms with Gasteiger partial charge in [0.1, 0.15) is 24.4 Å². The Morgan fingerprint density at radius 1 is 1.00 bits per heavy atom. The molecule has 2 rings (SSSR count). The summed E-state index contributed by atoms with van der Waals surface area (Å²) in [6.45, 7) is 0.236. The molecule has 2 heterocycles. The number of aliphatic hydroxyl groups excluding tert-OH is 3. The lowest BCUT2D eigenvalue weighted by molar-refractivity contribution is -0.228. The molecule has 0 aliphatic carbocycles. The third kappa shape index (κ3) is 0.969. The van der Waals surface area contributed by atoms with Gasteiger partial charge < -0.3 is 24.8 Å². The molecule has 0 radical (unpaired) electrons. The van der Waals surface area contributed by atoms with Crippen molar-refractivity contribution in [3.8, 4) is 0 Å². The van der Waals surface area contributed by atoms with Gasteiger partial charge in [-0.15, -0.1) is 0 Å². The molecule has 2 saturated heterocycles. The van der Waals surface area contributed by atoms with E-state index < -0.39 is 30.7 Å². The summed E-state index contributed by atoms with van der Waals surface area (Å²) in [5, 5.41) is 27.6. The normalized spacial score (nSPS) is 56.5. The number of fused-ring (bicyclic) bond motifs is 2. The highest BCUT2D eigenvalue weighted by Gasteiger charge is 2.48. The van der Waals surface area contributed by atoms with Crippen LogP contribution in [0.25, 0.3) is 0 Å². The standard InChI is InChI=1S/C6H10O5/c7-3-2-1-10-6(11-2)5(9)4(3)8/h2-9H,1H2/t2-,3-,4-,5?,6+/m0/s1. The highest BCUT2D eigenvalue weighted by atomic mass is 16.7. The van der Waals surface area contributed by atoms with Crippen LogP contribution in [0.15, 0.2) is 0 Å². The zero-order valence-corrected chi connectivity index (χ0v) is 5.75. The molecule has 0 amide bonds. The summed E-state index contributed by atoms with van der Waals surface area (Å²) in [4.78, 5) is 0. The lowest BCUT2D eigenvalue weighted by atomic mass is 10.0. The molecule has 2 aliphatic heterocycles. The molecule has 0 aromatic heterocycles. The maximum absolute atomic E-state index is 9.22. The van der Waals surface area contributed by atoms with Crippen LogP contribution in [0.1, 0.15) is 0 Å². The van der Waals surface area contributed by atoms with E-state index in [9.17, 15) is 10.2 Å². The summed E-state index contributed by atoms with van der Waals surface area (Å²) in [6, 6.07) is 0. The maximum Gasteiger partial charge on any atom is 0.186 e. The van der Waals surface area contributed by atoms with Crippen molar-refractivity contribution in [3.63, 3.8) is 0 Å². The fourth-order valence-corrected chi connectivity index (χ4v) is 1.38. The van der Waals surface area contributed by atoms with Crippen molar-refractivity contribution in [2.45, 2.75) is 30.7 Å². The van der Waals surface area contributed by atoms with Gasteiger partial charge in [0.2, 0.25) is 0 Å². The Balaban J connectivity index is 2.16. The lowest BCUT2D eigenvalue weighted by Crippen LogP contribution is -2.53. The molecule has 0 aromatic carbocycles. The first kappa shape index (κ1) is 7.45. The van der Waals surface area contributed by atoms with Crippen molar-refractivity contribution >= 4 is 0 Å². The van der Waals surface area contributed by atoms with Gasteiger partial charge in [-0.1, -0.05) is 0 Å². The average Bonchev–Trinajstić information content (AvgIpc) is 2.44. The SMILES string of the molecule is OC1[C@@H]2OC[C@H](O2)[C@H](O)[C@@H]1O. The molecule has 2 fully saturated rings. The van der Waals surface area contributed by atoms with Crippen molar-refractivity contribution in [1.82, 2.24) is 0 Å². The highest BCUT2D eigenvalue weighted by molar-refractivity contribution is 4.92. The Morgan fingerprint density at radius 2 is 1.73 bits per heavy atom. The Bertz CT molecular complexity index is 141. The second-order valence-electron chi connectivity index (χ2n) is 2.85. The van der Waals surface area contributed by atoms with Gasteiger partial charge in [0.05, 0.1) is 6.61 Å². The zero-order chi connectivity index (χ0) is 8.01. The fourth-order valence-electron chi connectivity index (χ4n) is 1.38. The van der Waals surface area contributed by atoms with Crippen molar-refractivity contribution in [2.24, 2.45) is 0 Å². The van der Waals surface area contributed by atoms with Gasteiger partial charge in [-0.05, 0) is 0 Å². The summed E-state index contributed by atoms with van der Waals surface area (Å²) in [7, 11) is 0. The van der Waals surface area contributed by atoms with E-state index in [0.717, 1.165) is 0 Å². The van der Waals surface area contributed by atoms with Gasteiger partial charge in [-0.3, -0.25) is 0 Å². The summed E-state index contributed by atoms with van der Waals surface area (Å²) in [5.41, 5.74) is 0. The van der Waals surface area contributed by atoms with E-state index in [1.54, 1.807) is 0 Å². The van der Waals surface area contributed by atoms with Crippen LogP contribution in [0.4, 0.5) is 0 Å². The smallest absolute Gasteiger partial charge is 0.186 e. The van der Waals surface area contributed by atoms with Crippen LogP contribution in [-0.2, 0) is 9.47 Å². The molecular weight excluding hydrogens is 152 g/mol. The van der Waals surface area contributed by atoms with Crippen LogP contribution in [0.2, 0.25) is 0 Å². The quantitative estimate of drug-likeness (QED) is 0.377. The van der Waals surface area contributed by atoms with Crippen molar-refractivity contribution in [1.29, 1.82) is 0 Å². The molecule has 5 atom stereocenters. The zero-order valence-electron chi connectivity index (χ0n) is 5.75. The molecule has 5 nitrogen and oxygen atoms in total. The first-order chi connectivity index (χ1) is 5.20. The first-order valence-corrected chi connectivity index (χ1v) is 3.51. The van der Waals surface area contributed by atoms with Gasteiger partial charge in [-0.2, -0.15) is 0 Å². The molecule has 1 unspecified atom stereocenters. The molecule has 0 saturated carbocycles. The molecule has 11 heavy (non-hydrogen) atoms.